The number of non-ortho nitro benzene ring substituents is 1. The van der Waals surface area contributed by atoms with Gasteiger partial charge in [-0.25, -0.2) is 0 Å². The smallest absolute Gasteiger partial charge is 0.273 e. The zero-order valence-corrected chi connectivity index (χ0v) is 16.6. The van der Waals surface area contributed by atoms with Gasteiger partial charge >= 0.3 is 0 Å². The Morgan fingerprint density at radius 2 is 1.93 bits per heavy atom. The van der Waals surface area contributed by atoms with Gasteiger partial charge in [0.15, 0.2) is 11.9 Å². The van der Waals surface area contributed by atoms with E-state index in [1.54, 1.807) is 4.90 Å². The maximum absolute atomic E-state index is 13.0. The largest absolute Gasteiger partial charge is 0.478 e. The normalized spacial score (nSPS) is 15.7. The fraction of sp³-hybridized carbons (Fsp3) is 0.333. The molecule has 0 radical (unpaired) electrons. The molecule has 3 rings (SSSR count). The van der Waals surface area contributed by atoms with Crippen LogP contribution in [0.25, 0.3) is 0 Å². The molecular weight excluding hydrogens is 374 g/mol. The summed E-state index contributed by atoms with van der Waals surface area (Å²) in [5.41, 5.74) is 0.964. The minimum atomic E-state index is -0.816. The van der Waals surface area contributed by atoms with Crippen LogP contribution in [0.2, 0.25) is 0 Å². The Bertz CT molecular complexity index is 929. The molecule has 2 aromatic rings. The summed E-state index contributed by atoms with van der Waals surface area (Å²) in [4.78, 5) is 39.6. The van der Waals surface area contributed by atoms with Crippen molar-refractivity contribution in [3.05, 3.63) is 58.6 Å². The second kappa shape index (κ2) is 8.30. The molecular formula is C21H23N3O5. The van der Waals surface area contributed by atoms with Crippen LogP contribution >= 0.6 is 0 Å². The Morgan fingerprint density at radius 1 is 1.24 bits per heavy atom. The van der Waals surface area contributed by atoms with Crippen LogP contribution in [-0.2, 0) is 9.59 Å². The summed E-state index contributed by atoms with van der Waals surface area (Å²) in [7, 11) is 0. The van der Waals surface area contributed by atoms with Crippen molar-refractivity contribution in [1.29, 1.82) is 0 Å². The average Bonchev–Trinajstić information content (AvgIpc) is 2.70. The standard InChI is InChI=1S/C21H23N3O5/c1-4-22(15-8-6-5-7-9-15)19(25)13-23-17-11-10-16(24(27)28)12-18(17)29-20(14(2)3)21(23)26/h5-12,14,20H,4,13H2,1-3H3. The molecule has 0 saturated carbocycles. The number of fused-ring (bicyclic) bond motifs is 1. The van der Waals surface area contributed by atoms with Gasteiger partial charge in [0.05, 0.1) is 16.7 Å². The lowest BCUT2D eigenvalue weighted by atomic mass is 10.0. The van der Waals surface area contributed by atoms with Crippen molar-refractivity contribution >= 4 is 28.9 Å². The number of amides is 2. The predicted molar refractivity (Wildman–Crippen MR) is 109 cm³/mol. The van der Waals surface area contributed by atoms with E-state index in [0.717, 1.165) is 5.69 Å². The van der Waals surface area contributed by atoms with E-state index in [-0.39, 0.29) is 35.7 Å². The first-order valence-corrected chi connectivity index (χ1v) is 9.45. The Hall–Kier alpha value is -3.42. The van der Waals surface area contributed by atoms with Gasteiger partial charge in [-0.3, -0.25) is 24.6 Å². The summed E-state index contributed by atoms with van der Waals surface area (Å²) < 4.78 is 5.76. The number of nitro benzene ring substituents is 1. The number of rotatable bonds is 6. The molecule has 0 fully saturated rings. The molecule has 29 heavy (non-hydrogen) atoms. The number of nitrogens with zero attached hydrogens (tertiary/aromatic N) is 3. The monoisotopic (exact) mass is 397 g/mol. The number of hydrogen-bond donors (Lipinski definition) is 0. The fourth-order valence-electron chi connectivity index (χ4n) is 3.31. The predicted octanol–water partition coefficient (Wildman–Crippen LogP) is 3.40. The summed E-state index contributed by atoms with van der Waals surface area (Å²) in [6, 6.07) is 13.3. The van der Waals surface area contributed by atoms with Crippen LogP contribution in [0.5, 0.6) is 5.75 Å². The summed E-state index contributed by atoms with van der Waals surface area (Å²) in [6.45, 7) is 5.78. The van der Waals surface area contributed by atoms with E-state index in [2.05, 4.69) is 0 Å². The summed E-state index contributed by atoms with van der Waals surface area (Å²) in [6.07, 6.45) is -0.816. The van der Waals surface area contributed by atoms with Crippen molar-refractivity contribution in [1.82, 2.24) is 0 Å². The van der Waals surface area contributed by atoms with E-state index in [1.807, 2.05) is 51.1 Å². The Labute approximate surface area is 168 Å². The molecule has 1 aliphatic heterocycles. The van der Waals surface area contributed by atoms with Gasteiger partial charge in [-0.1, -0.05) is 32.0 Å². The molecule has 1 aliphatic rings. The Morgan fingerprint density at radius 3 is 2.52 bits per heavy atom. The quantitative estimate of drug-likeness (QED) is 0.550. The van der Waals surface area contributed by atoms with Gasteiger partial charge in [0, 0.05) is 18.3 Å². The lowest BCUT2D eigenvalue weighted by Crippen LogP contribution is -2.52. The number of carbonyl (C=O) groups excluding carboxylic acids is 2. The zero-order valence-electron chi connectivity index (χ0n) is 16.6. The highest BCUT2D eigenvalue weighted by Gasteiger charge is 2.38. The number of likely N-dealkylation sites (N-methyl/N-ethyl adjacent to an activating group) is 1. The van der Waals surface area contributed by atoms with Crippen LogP contribution < -0.4 is 14.5 Å². The van der Waals surface area contributed by atoms with Gasteiger partial charge < -0.3 is 9.64 Å². The molecule has 1 heterocycles. The van der Waals surface area contributed by atoms with Crippen molar-refractivity contribution in [2.24, 2.45) is 5.92 Å². The van der Waals surface area contributed by atoms with E-state index in [0.29, 0.717) is 12.2 Å². The number of anilines is 2. The fourth-order valence-corrected chi connectivity index (χ4v) is 3.31. The summed E-state index contributed by atoms with van der Waals surface area (Å²) >= 11 is 0. The molecule has 0 bridgehead atoms. The molecule has 152 valence electrons. The minimum Gasteiger partial charge on any atom is -0.478 e. The maximum atomic E-state index is 13.0. The van der Waals surface area contributed by atoms with Crippen molar-refractivity contribution in [2.45, 2.75) is 26.9 Å². The number of para-hydroxylation sites is 1. The van der Waals surface area contributed by atoms with Gasteiger partial charge in [0.1, 0.15) is 6.54 Å². The number of benzene rings is 2. The number of hydrogen-bond acceptors (Lipinski definition) is 5. The highest BCUT2D eigenvalue weighted by atomic mass is 16.6. The molecule has 8 heteroatoms. The first-order valence-electron chi connectivity index (χ1n) is 9.45. The van der Waals surface area contributed by atoms with Crippen molar-refractivity contribution in [2.75, 3.05) is 22.9 Å². The van der Waals surface area contributed by atoms with Crippen LogP contribution in [0.1, 0.15) is 20.8 Å². The number of carbonyl (C=O) groups is 2. The minimum absolute atomic E-state index is 0.133. The third-order valence-corrected chi connectivity index (χ3v) is 4.79. The summed E-state index contributed by atoms with van der Waals surface area (Å²) in [5, 5.41) is 11.1. The van der Waals surface area contributed by atoms with Crippen LogP contribution in [0.15, 0.2) is 48.5 Å². The van der Waals surface area contributed by atoms with Crippen LogP contribution in [0, 0.1) is 16.0 Å². The third-order valence-electron chi connectivity index (χ3n) is 4.79. The SMILES string of the molecule is CCN(C(=O)CN1C(=O)C(C(C)C)Oc2cc([N+](=O)[O-])ccc21)c1ccccc1. The van der Waals surface area contributed by atoms with Crippen molar-refractivity contribution in [3.63, 3.8) is 0 Å². The second-order valence-electron chi connectivity index (χ2n) is 7.09. The Balaban J connectivity index is 1.95. The molecule has 0 spiro atoms. The van der Waals surface area contributed by atoms with Gasteiger partial charge in [-0.15, -0.1) is 0 Å². The van der Waals surface area contributed by atoms with Crippen LogP contribution in [0.3, 0.4) is 0 Å². The van der Waals surface area contributed by atoms with E-state index in [4.69, 9.17) is 4.74 Å². The van der Waals surface area contributed by atoms with Crippen LogP contribution in [-0.4, -0.2) is 35.9 Å². The van der Waals surface area contributed by atoms with E-state index in [1.165, 1.54) is 23.1 Å². The summed E-state index contributed by atoms with van der Waals surface area (Å²) in [5.74, 6) is -0.517. The van der Waals surface area contributed by atoms with E-state index < -0.39 is 11.0 Å². The van der Waals surface area contributed by atoms with E-state index in [9.17, 15) is 19.7 Å². The third kappa shape index (κ3) is 4.06. The van der Waals surface area contributed by atoms with Gasteiger partial charge in [-0.05, 0) is 31.0 Å². The van der Waals surface area contributed by atoms with Crippen LogP contribution in [0.4, 0.5) is 17.1 Å². The van der Waals surface area contributed by atoms with Gasteiger partial charge in [0.25, 0.3) is 11.6 Å². The lowest BCUT2D eigenvalue weighted by molar-refractivity contribution is -0.384. The molecule has 0 aromatic heterocycles. The lowest BCUT2D eigenvalue weighted by Gasteiger charge is -2.36. The van der Waals surface area contributed by atoms with Gasteiger partial charge in [-0.2, -0.15) is 0 Å². The van der Waals surface area contributed by atoms with E-state index >= 15 is 0 Å². The molecule has 2 aromatic carbocycles. The molecule has 0 aliphatic carbocycles. The molecule has 8 nitrogen and oxygen atoms in total. The maximum Gasteiger partial charge on any atom is 0.273 e. The first-order chi connectivity index (χ1) is 13.8. The van der Waals surface area contributed by atoms with Crippen molar-refractivity contribution < 1.29 is 19.2 Å². The second-order valence-corrected chi connectivity index (χ2v) is 7.09. The Kier molecular flexibility index (Phi) is 5.81. The molecule has 1 unspecified atom stereocenters. The highest BCUT2D eigenvalue weighted by molar-refractivity contribution is 6.07. The number of ether oxygens (including phenoxy) is 1. The average molecular weight is 397 g/mol. The van der Waals surface area contributed by atoms with Crippen molar-refractivity contribution in [3.8, 4) is 5.75 Å². The number of nitro groups is 1. The van der Waals surface area contributed by atoms with Gasteiger partial charge in [0.2, 0.25) is 5.91 Å². The molecule has 1 atom stereocenters. The zero-order chi connectivity index (χ0) is 21.1. The topological polar surface area (TPSA) is 93.0 Å². The highest BCUT2D eigenvalue weighted by Crippen LogP contribution is 2.38. The molecule has 0 saturated heterocycles. The molecule has 0 N–H and O–H groups in total. The molecule has 2 amide bonds. The first kappa shape index (κ1) is 20.3.